The number of benzene rings is 2. The van der Waals surface area contributed by atoms with Gasteiger partial charge in [0.1, 0.15) is 18.3 Å². The zero-order valence-corrected chi connectivity index (χ0v) is 22.8. The van der Waals surface area contributed by atoms with E-state index in [1.54, 1.807) is 31.4 Å². The maximum atomic E-state index is 13.7. The smallest absolute Gasteiger partial charge is 0.244 e. The summed E-state index contributed by atoms with van der Waals surface area (Å²) in [5, 5.41) is 2.92. The lowest BCUT2D eigenvalue weighted by atomic mass is 10.1. The molecule has 1 unspecified atom stereocenters. The van der Waals surface area contributed by atoms with Gasteiger partial charge in [0, 0.05) is 13.1 Å². The van der Waals surface area contributed by atoms with Crippen LogP contribution < -0.4 is 14.4 Å². The fourth-order valence-corrected chi connectivity index (χ4v) is 4.75. The molecule has 1 atom stereocenters. The maximum absolute atomic E-state index is 13.7. The summed E-state index contributed by atoms with van der Waals surface area (Å²) in [5.41, 5.74) is 2.25. The van der Waals surface area contributed by atoms with Gasteiger partial charge in [-0.1, -0.05) is 51.5 Å². The molecule has 36 heavy (non-hydrogen) atoms. The number of unbranched alkanes of at least 4 members (excludes halogenated alkanes) is 1. The van der Waals surface area contributed by atoms with Crippen molar-refractivity contribution in [3.63, 3.8) is 0 Å². The Bertz CT molecular complexity index is 1100. The minimum Gasteiger partial charge on any atom is -0.497 e. The summed E-state index contributed by atoms with van der Waals surface area (Å²) in [4.78, 5) is 28.2. The SMILES string of the molecule is CCCCNC(=O)C(CC)N(Cc1cccc(OC)c1)C(=O)CN(c1ccc(CC)cc1)S(C)(=O)=O. The molecule has 0 aliphatic carbocycles. The number of nitrogens with zero attached hydrogens (tertiary/aromatic N) is 2. The summed E-state index contributed by atoms with van der Waals surface area (Å²) in [6.45, 7) is 6.14. The first-order valence-corrected chi connectivity index (χ1v) is 14.3. The van der Waals surface area contributed by atoms with Crippen LogP contribution in [0.4, 0.5) is 5.69 Å². The van der Waals surface area contributed by atoms with Gasteiger partial charge in [0.2, 0.25) is 21.8 Å². The molecule has 0 saturated heterocycles. The van der Waals surface area contributed by atoms with Gasteiger partial charge in [-0.15, -0.1) is 0 Å². The van der Waals surface area contributed by atoms with Gasteiger partial charge in [-0.3, -0.25) is 13.9 Å². The molecule has 2 amide bonds. The van der Waals surface area contributed by atoms with Crippen LogP contribution in [0.5, 0.6) is 5.75 Å². The molecule has 0 spiro atoms. The number of hydrogen-bond acceptors (Lipinski definition) is 5. The number of anilines is 1. The molecule has 2 rings (SSSR count). The second kappa shape index (κ2) is 13.9. The van der Waals surface area contributed by atoms with E-state index in [1.807, 2.05) is 45.0 Å². The second-order valence-corrected chi connectivity index (χ2v) is 10.6. The molecule has 0 aliphatic heterocycles. The van der Waals surface area contributed by atoms with E-state index in [9.17, 15) is 18.0 Å². The quantitative estimate of drug-likeness (QED) is 0.385. The summed E-state index contributed by atoms with van der Waals surface area (Å²) >= 11 is 0. The molecule has 0 heterocycles. The van der Waals surface area contributed by atoms with E-state index in [0.717, 1.165) is 41.0 Å². The topological polar surface area (TPSA) is 96.0 Å². The number of carbonyl (C=O) groups is 2. The summed E-state index contributed by atoms with van der Waals surface area (Å²) in [5.74, 6) is -0.0742. The highest BCUT2D eigenvalue weighted by atomic mass is 32.2. The van der Waals surface area contributed by atoms with Crippen LogP contribution in [-0.2, 0) is 32.6 Å². The van der Waals surface area contributed by atoms with Gasteiger partial charge in [0.25, 0.3) is 0 Å². The average molecular weight is 518 g/mol. The number of sulfonamides is 1. The van der Waals surface area contributed by atoms with Gasteiger partial charge in [-0.2, -0.15) is 0 Å². The molecule has 198 valence electrons. The molecule has 2 aromatic rings. The monoisotopic (exact) mass is 517 g/mol. The number of amides is 2. The normalized spacial score (nSPS) is 12.0. The third kappa shape index (κ3) is 8.26. The fraction of sp³-hybridized carbons (Fsp3) is 0.481. The molecule has 0 saturated carbocycles. The van der Waals surface area contributed by atoms with Gasteiger partial charge in [-0.25, -0.2) is 8.42 Å². The van der Waals surface area contributed by atoms with Crippen molar-refractivity contribution in [2.24, 2.45) is 0 Å². The number of methoxy groups -OCH3 is 1. The van der Waals surface area contributed by atoms with Gasteiger partial charge in [0.05, 0.1) is 19.1 Å². The summed E-state index contributed by atoms with van der Waals surface area (Å²) in [6, 6.07) is 13.6. The van der Waals surface area contributed by atoms with E-state index in [1.165, 1.54) is 4.90 Å². The van der Waals surface area contributed by atoms with Crippen LogP contribution in [0.25, 0.3) is 0 Å². The lowest BCUT2D eigenvalue weighted by Gasteiger charge is -2.33. The first-order chi connectivity index (χ1) is 17.1. The molecule has 0 aromatic heterocycles. The van der Waals surface area contributed by atoms with E-state index in [4.69, 9.17) is 4.74 Å². The minimum absolute atomic E-state index is 0.141. The molecule has 0 bridgehead atoms. The minimum atomic E-state index is -3.75. The Hall–Kier alpha value is -3.07. The van der Waals surface area contributed by atoms with E-state index in [-0.39, 0.29) is 12.5 Å². The second-order valence-electron chi connectivity index (χ2n) is 8.73. The number of rotatable bonds is 14. The van der Waals surface area contributed by atoms with Crippen molar-refractivity contribution in [2.75, 3.05) is 30.8 Å². The van der Waals surface area contributed by atoms with E-state index in [2.05, 4.69) is 5.32 Å². The Kier molecular flexibility index (Phi) is 11.2. The number of carbonyl (C=O) groups excluding carboxylic acids is 2. The Labute approximate surface area is 215 Å². The van der Waals surface area contributed by atoms with Crippen LogP contribution in [0.15, 0.2) is 48.5 Å². The predicted molar refractivity (Wildman–Crippen MR) is 144 cm³/mol. The van der Waals surface area contributed by atoms with Crippen molar-refractivity contribution >= 4 is 27.5 Å². The molecular formula is C27H39N3O5S. The highest BCUT2D eigenvalue weighted by Crippen LogP contribution is 2.21. The van der Waals surface area contributed by atoms with Crippen LogP contribution >= 0.6 is 0 Å². The highest BCUT2D eigenvalue weighted by Gasteiger charge is 2.31. The largest absolute Gasteiger partial charge is 0.497 e. The molecule has 0 radical (unpaired) electrons. The number of aryl methyl sites for hydroxylation is 1. The average Bonchev–Trinajstić information content (AvgIpc) is 2.86. The predicted octanol–water partition coefficient (Wildman–Crippen LogP) is 3.75. The Morgan fingerprint density at radius 1 is 1.03 bits per heavy atom. The number of nitrogens with one attached hydrogen (secondary N) is 1. The first-order valence-electron chi connectivity index (χ1n) is 12.4. The van der Waals surface area contributed by atoms with Crippen molar-refractivity contribution in [1.29, 1.82) is 0 Å². The Balaban J connectivity index is 2.41. The van der Waals surface area contributed by atoms with Crippen LogP contribution in [0, 0.1) is 0 Å². The zero-order valence-electron chi connectivity index (χ0n) is 22.0. The standard InChI is InChI=1S/C27H39N3O5S/c1-6-9-17-28-27(32)25(8-3)29(19-22-11-10-12-24(18-22)35-4)26(31)20-30(36(5,33)34)23-15-13-21(7-2)14-16-23/h10-16,18,25H,6-9,17,19-20H2,1-5H3,(H,28,32). The molecule has 0 aliphatic rings. The van der Waals surface area contributed by atoms with Crippen molar-refractivity contribution in [3.05, 3.63) is 59.7 Å². The summed E-state index contributed by atoms with van der Waals surface area (Å²) in [6.07, 6.45) is 4.05. The van der Waals surface area contributed by atoms with E-state index < -0.39 is 28.5 Å². The zero-order chi connectivity index (χ0) is 26.7. The van der Waals surface area contributed by atoms with E-state index >= 15 is 0 Å². The summed E-state index contributed by atoms with van der Waals surface area (Å²) in [7, 11) is -2.19. The molecule has 9 heteroatoms. The summed E-state index contributed by atoms with van der Waals surface area (Å²) < 4.78 is 31.8. The van der Waals surface area contributed by atoms with Crippen molar-refractivity contribution in [2.45, 2.75) is 59.0 Å². The van der Waals surface area contributed by atoms with Crippen LogP contribution in [0.2, 0.25) is 0 Å². The first kappa shape index (κ1) is 29.2. The van der Waals surface area contributed by atoms with E-state index in [0.29, 0.717) is 24.4 Å². The van der Waals surface area contributed by atoms with Gasteiger partial charge < -0.3 is 15.0 Å². The highest BCUT2D eigenvalue weighted by molar-refractivity contribution is 7.92. The molecule has 8 nitrogen and oxygen atoms in total. The number of hydrogen-bond donors (Lipinski definition) is 1. The third-order valence-corrected chi connectivity index (χ3v) is 7.15. The lowest BCUT2D eigenvalue weighted by molar-refractivity contribution is -0.140. The fourth-order valence-electron chi connectivity index (χ4n) is 3.90. The maximum Gasteiger partial charge on any atom is 0.244 e. The van der Waals surface area contributed by atoms with Crippen molar-refractivity contribution in [1.82, 2.24) is 10.2 Å². The third-order valence-electron chi connectivity index (χ3n) is 6.01. The Morgan fingerprint density at radius 3 is 2.28 bits per heavy atom. The molecule has 0 fully saturated rings. The molecule has 2 aromatic carbocycles. The van der Waals surface area contributed by atoms with Crippen molar-refractivity contribution < 1.29 is 22.7 Å². The molecule has 1 N–H and O–H groups in total. The van der Waals surface area contributed by atoms with Crippen LogP contribution in [0.1, 0.15) is 51.2 Å². The van der Waals surface area contributed by atoms with Crippen LogP contribution in [-0.4, -0.2) is 57.6 Å². The van der Waals surface area contributed by atoms with Crippen LogP contribution in [0.3, 0.4) is 0 Å². The Morgan fingerprint density at radius 2 is 1.72 bits per heavy atom. The van der Waals surface area contributed by atoms with Gasteiger partial charge in [0.15, 0.2) is 0 Å². The van der Waals surface area contributed by atoms with Crippen molar-refractivity contribution in [3.8, 4) is 5.75 Å². The van der Waals surface area contributed by atoms with Gasteiger partial charge in [-0.05, 0) is 54.7 Å². The number of ether oxygens (including phenoxy) is 1. The van der Waals surface area contributed by atoms with Gasteiger partial charge >= 0.3 is 0 Å². The lowest BCUT2D eigenvalue weighted by Crippen LogP contribution is -2.52. The molecular weight excluding hydrogens is 478 g/mol.